The van der Waals surface area contributed by atoms with E-state index in [0.717, 1.165) is 5.56 Å². The van der Waals surface area contributed by atoms with E-state index >= 15 is 0 Å². The van der Waals surface area contributed by atoms with Gasteiger partial charge in [-0.25, -0.2) is 0 Å². The summed E-state index contributed by atoms with van der Waals surface area (Å²) in [6.45, 7) is 3.93. The van der Waals surface area contributed by atoms with Gasteiger partial charge in [0, 0.05) is 12.1 Å². The molecule has 1 rings (SSSR count). The lowest BCUT2D eigenvalue weighted by atomic mass is 10.1. The van der Waals surface area contributed by atoms with Crippen LogP contribution in [0, 0.1) is 0 Å². The van der Waals surface area contributed by atoms with E-state index in [9.17, 15) is 4.79 Å². The third kappa shape index (κ3) is 1.83. The van der Waals surface area contributed by atoms with Gasteiger partial charge in [0.15, 0.2) is 5.88 Å². The van der Waals surface area contributed by atoms with Crippen molar-refractivity contribution in [3.8, 4) is 5.88 Å². The number of hydrogen-bond donors (Lipinski definition) is 2. The number of hydrogen-bond acceptors (Lipinski definition) is 2. The predicted octanol–water partition coefficient (Wildman–Crippen LogP) is 1.20. The number of aromatic nitrogens is 1. The molecule has 0 aliphatic carbocycles. The summed E-state index contributed by atoms with van der Waals surface area (Å²) >= 11 is 0. The lowest BCUT2D eigenvalue weighted by Crippen LogP contribution is -2.05. The second-order valence-corrected chi connectivity index (χ2v) is 2.82. The van der Waals surface area contributed by atoms with Gasteiger partial charge in [0.05, 0.1) is 0 Å². The van der Waals surface area contributed by atoms with Crippen molar-refractivity contribution < 1.29 is 5.11 Å². The summed E-state index contributed by atoms with van der Waals surface area (Å²) in [6.07, 6.45) is 0. The number of aromatic hydroxyl groups is 1. The minimum absolute atomic E-state index is 0.0683. The zero-order valence-corrected chi connectivity index (χ0v) is 6.59. The summed E-state index contributed by atoms with van der Waals surface area (Å²) in [5, 5.41) is 8.99. The molecule has 2 N–H and O–H groups in total. The smallest absolute Gasteiger partial charge is 0.250 e. The second-order valence-electron chi connectivity index (χ2n) is 2.82. The zero-order valence-electron chi connectivity index (χ0n) is 6.59. The summed E-state index contributed by atoms with van der Waals surface area (Å²) < 4.78 is 0. The molecule has 60 valence electrons. The highest BCUT2D eigenvalue weighted by Crippen LogP contribution is 2.14. The molecule has 0 unspecified atom stereocenters. The van der Waals surface area contributed by atoms with Crippen LogP contribution in [0.25, 0.3) is 0 Å². The molecule has 0 aromatic carbocycles. The predicted molar refractivity (Wildman–Crippen MR) is 42.8 cm³/mol. The first kappa shape index (κ1) is 7.85. The highest BCUT2D eigenvalue weighted by Gasteiger charge is 2.00. The first-order valence-electron chi connectivity index (χ1n) is 3.53. The molecule has 1 aromatic rings. The molecule has 1 heterocycles. The van der Waals surface area contributed by atoms with Crippen LogP contribution in [0.15, 0.2) is 16.9 Å². The van der Waals surface area contributed by atoms with Gasteiger partial charge in [-0.15, -0.1) is 0 Å². The molecule has 0 atom stereocenters. The Morgan fingerprint density at radius 3 is 2.55 bits per heavy atom. The van der Waals surface area contributed by atoms with Crippen molar-refractivity contribution in [3.63, 3.8) is 0 Å². The van der Waals surface area contributed by atoms with Gasteiger partial charge < -0.3 is 5.11 Å². The van der Waals surface area contributed by atoms with Crippen LogP contribution in [-0.4, -0.2) is 10.1 Å². The Morgan fingerprint density at radius 2 is 2.09 bits per heavy atom. The van der Waals surface area contributed by atoms with Crippen LogP contribution in [0.5, 0.6) is 5.88 Å². The van der Waals surface area contributed by atoms with Gasteiger partial charge in [0.25, 0.3) is 5.56 Å². The Labute approximate surface area is 64.7 Å². The summed E-state index contributed by atoms with van der Waals surface area (Å²) in [4.78, 5) is 13.1. The van der Waals surface area contributed by atoms with Crippen LogP contribution < -0.4 is 5.56 Å². The van der Waals surface area contributed by atoms with Gasteiger partial charge in [0.2, 0.25) is 0 Å². The van der Waals surface area contributed by atoms with E-state index in [1.807, 2.05) is 13.8 Å². The molecule has 0 aliphatic heterocycles. The number of nitrogens with one attached hydrogen (secondary N) is 1. The fourth-order valence-corrected chi connectivity index (χ4v) is 0.883. The molecule has 0 fully saturated rings. The Balaban J connectivity index is 3.19. The average molecular weight is 153 g/mol. The third-order valence-electron chi connectivity index (χ3n) is 1.52. The van der Waals surface area contributed by atoms with E-state index in [0.29, 0.717) is 0 Å². The lowest BCUT2D eigenvalue weighted by Gasteiger charge is -2.03. The third-order valence-corrected chi connectivity index (χ3v) is 1.52. The SMILES string of the molecule is CC(C)c1cc(O)[nH]c(=O)c1. The molecule has 3 nitrogen and oxygen atoms in total. The van der Waals surface area contributed by atoms with Crippen LogP contribution >= 0.6 is 0 Å². The monoisotopic (exact) mass is 153 g/mol. The molecule has 0 amide bonds. The van der Waals surface area contributed by atoms with Crippen LogP contribution in [0.1, 0.15) is 25.3 Å². The van der Waals surface area contributed by atoms with E-state index in [-0.39, 0.29) is 17.4 Å². The Morgan fingerprint density at radius 1 is 1.45 bits per heavy atom. The second kappa shape index (κ2) is 2.78. The maximum absolute atomic E-state index is 10.8. The molecular weight excluding hydrogens is 142 g/mol. The average Bonchev–Trinajstić information content (AvgIpc) is 1.85. The summed E-state index contributed by atoms with van der Waals surface area (Å²) in [6, 6.07) is 3.05. The minimum Gasteiger partial charge on any atom is -0.495 e. The molecule has 0 saturated carbocycles. The molecule has 0 saturated heterocycles. The molecular formula is C8H11NO2. The maximum Gasteiger partial charge on any atom is 0.250 e. The van der Waals surface area contributed by atoms with Crippen molar-refractivity contribution in [2.24, 2.45) is 0 Å². The number of aromatic amines is 1. The Kier molecular flexibility index (Phi) is 1.98. The van der Waals surface area contributed by atoms with E-state index in [1.54, 1.807) is 6.07 Å². The van der Waals surface area contributed by atoms with Gasteiger partial charge in [-0.3, -0.25) is 9.78 Å². The van der Waals surface area contributed by atoms with E-state index < -0.39 is 0 Å². The largest absolute Gasteiger partial charge is 0.495 e. The molecule has 11 heavy (non-hydrogen) atoms. The van der Waals surface area contributed by atoms with Crippen molar-refractivity contribution in [3.05, 3.63) is 28.0 Å². The maximum atomic E-state index is 10.8. The van der Waals surface area contributed by atoms with Gasteiger partial charge in [-0.1, -0.05) is 13.8 Å². The Bertz CT molecular complexity index is 301. The van der Waals surface area contributed by atoms with E-state index in [4.69, 9.17) is 5.11 Å². The van der Waals surface area contributed by atoms with Gasteiger partial charge >= 0.3 is 0 Å². The summed E-state index contributed by atoms with van der Waals surface area (Å²) in [5.74, 6) is 0.199. The van der Waals surface area contributed by atoms with Crippen molar-refractivity contribution in [2.45, 2.75) is 19.8 Å². The van der Waals surface area contributed by atoms with E-state index in [2.05, 4.69) is 4.98 Å². The van der Waals surface area contributed by atoms with Gasteiger partial charge in [0.1, 0.15) is 0 Å². The molecule has 0 aliphatic rings. The van der Waals surface area contributed by atoms with Crippen molar-refractivity contribution in [1.29, 1.82) is 0 Å². The van der Waals surface area contributed by atoms with Crippen LogP contribution in [-0.2, 0) is 0 Å². The fraction of sp³-hybridized carbons (Fsp3) is 0.375. The number of pyridine rings is 1. The Hall–Kier alpha value is -1.25. The minimum atomic E-state index is -0.256. The van der Waals surface area contributed by atoms with Crippen molar-refractivity contribution in [1.82, 2.24) is 4.98 Å². The number of H-pyrrole nitrogens is 1. The van der Waals surface area contributed by atoms with E-state index in [1.165, 1.54) is 6.07 Å². The lowest BCUT2D eigenvalue weighted by molar-refractivity contribution is 0.450. The molecule has 0 radical (unpaired) electrons. The molecule has 0 spiro atoms. The molecule has 0 bridgehead atoms. The molecule has 1 aromatic heterocycles. The first-order valence-corrected chi connectivity index (χ1v) is 3.53. The zero-order chi connectivity index (χ0) is 8.43. The van der Waals surface area contributed by atoms with Gasteiger partial charge in [-0.2, -0.15) is 0 Å². The highest BCUT2D eigenvalue weighted by molar-refractivity contribution is 5.21. The normalized spacial score (nSPS) is 10.5. The van der Waals surface area contributed by atoms with Crippen molar-refractivity contribution in [2.75, 3.05) is 0 Å². The fourth-order valence-electron chi connectivity index (χ4n) is 0.883. The van der Waals surface area contributed by atoms with Crippen LogP contribution in [0.3, 0.4) is 0 Å². The highest BCUT2D eigenvalue weighted by atomic mass is 16.3. The standard InChI is InChI=1S/C8H11NO2/c1-5(2)6-3-7(10)9-8(11)4-6/h3-5H,1-2H3,(H2,9,10,11). The number of rotatable bonds is 1. The summed E-state index contributed by atoms with van der Waals surface area (Å²) in [5.41, 5.74) is 0.597. The van der Waals surface area contributed by atoms with Crippen LogP contribution in [0.4, 0.5) is 0 Å². The van der Waals surface area contributed by atoms with Crippen molar-refractivity contribution >= 4 is 0 Å². The van der Waals surface area contributed by atoms with Crippen LogP contribution in [0.2, 0.25) is 0 Å². The first-order chi connectivity index (χ1) is 5.09. The molecule has 3 heteroatoms. The topological polar surface area (TPSA) is 53.1 Å². The van der Waals surface area contributed by atoms with Gasteiger partial charge in [-0.05, 0) is 11.5 Å². The quantitative estimate of drug-likeness (QED) is 0.637. The summed E-state index contributed by atoms with van der Waals surface area (Å²) in [7, 11) is 0.